The Morgan fingerprint density at radius 3 is 2.67 bits per heavy atom. The van der Waals surface area contributed by atoms with Crippen molar-refractivity contribution in [3.05, 3.63) is 29.8 Å². The van der Waals surface area contributed by atoms with Crippen molar-refractivity contribution in [2.45, 2.75) is 52.4 Å². The Hall–Kier alpha value is -1.59. The molecule has 1 aromatic carbocycles. The third-order valence-corrected chi connectivity index (χ3v) is 4.32. The Labute approximate surface area is 145 Å². The minimum absolute atomic E-state index is 0.0350. The number of benzene rings is 1. The van der Waals surface area contributed by atoms with E-state index in [1.54, 1.807) is 19.1 Å². The van der Waals surface area contributed by atoms with Gasteiger partial charge in [-0.25, -0.2) is 0 Å². The van der Waals surface area contributed by atoms with Crippen LogP contribution >= 0.6 is 0 Å². The van der Waals surface area contributed by atoms with Crippen molar-refractivity contribution in [2.75, 3.05) is 19.6 Å². The van der Waals surface area contributed by atoms with Crippen LogP contribution in [-0.4, -0.2) is 47.7 Å². The third kappa shape index (κ3) is 5.80. The number of carbonyl (C=O) groups excluding carboxylic acids is 1. The fourth-order valence-corrected chi connectivity index (χ4v) is 3.07. The first-order chi connectivity index (χ1) is 11.5. The number of rotatable bonds is 7. The highest BCUT2D eigenvalue weighted by Crippen LogP contribution is 2.16. The number of aliphatic hydroxyl groups excluding tert-OH is 1. The van der Waals surface area contributed by atoms with Gasteiger partial charge in [0.15, 0.2) is 6.10 Å². The zero-order valence-corrected chi connectivity index (χ0v) is 15.0. The van der Waals surface area contributed by atoms with Crippen LogP contribution in [0, 0.1) is 5.92 Å². The van der Waals surface area contributed by atoms with Crippen molar-refractivity contribution < 1.29 is 14.6 Å². The minimum atomic E-state index is -0.548. The van der Waals surface area contributed by atoms with E-state index >= 15 is 0 Å². The predicted octanol–water partition coefficient (Wildman–Crippen LogP) is 2.18. The number of piperidine rings is 1. The van der Waals surface area contributed by atoms with Crippen LogP contribution < -0.4 is 10.1 Å². The van der Waals surface area contributed by atoms with Crippen molar-refractivity contribution in [3.8, 4) is 5.75 Å². The molecule has 1 atom stereocenters. The number of carbonyl (C=O) groups is 1. The summed E-state index contributed by atoms with van der Waals surface area (Å²) in [7, 11) is 0. The first kappa shape index (κ1) is 18.7. The Morgan fingerprint density at radius 1 is 1.33 bits per heavy atom. The first-order valence-corrected chi connectivity index (χ1v) is 8.87. The molecule has 0 saturated carbocycles. The SMILES string of the molecule is CC(C)CN1CCC(NC(=O)C(C)Oc2cccc(CO)c2)CC1. The van der Waals surface area contributed by atoms with Gasteiger partial charge in [-0.05, 0) is 43.4 Å². The molecule has 24 heavy (non-hydrogen) atoms. The Balaban J connectivity index is 1.77. The number of ether oxygens (including phenoxy) is 1. The molecule has 1 amide bonds. The maximum atomic E-state index is 12.3. The second-order valence-corrected chi connectivity index (χ2v) is 7.04. The lowest BCUT2D eigenvalue weighted by Crippen LogP contribution is -2.48. The van der Waals surface area contributed by atoms with Gasteiger partial charge in [-0.15, -0.1) is 0 Å². The van der Waals surface area contributed by atoms with Gasteiger partial charge in [0, 0.05) is 25.7 Å². The van der Waals surface area contributed by atoms with E-state index in [-0.39, 0.29) is 18.6 Å². The summed E-state index contributed by atoms with van der Waals surface area (Å²) in [5.74, 6) is 1.21. The molecule has 1 fully saturated rings. The van der Waals surface area contributed by atoms with Gasteiger partial charge >= 0.3 is 0 Å². The molecular weight excluding hydrogens is 304 g/mol. The summed E-state index contributed by atoms with van der Waals surface area (Å²) in [5, 5.41) is 12.3. The summed E-state index contributed by atoms with van der Waals surface area (Å²) in [6.45, 7) is 9.40. The van der Waals surface area contributed by atoms with E-state index in [1.165, 1.54) is 0 Å². The highest BCUT2D eigenvalue weighted by atomic mass is 16.5. The molecule has 1 saturated heterocycles. The summed E-state index contributed by atoms with van der Waals surface area (Å²) in [6, 6.07) is 7.43. The molecule has 0 bridgehead atoms. The van der Waals surface area contributed by atoms with Gasteiger partial charge in [0.05, 0.1) is 6.61 Å². The average molecular weight is 334 g/mol. The predicted molar refractivity (Wildman–Crippen MR) is 94.9 cm³/mol. The summed E-state index contributed by atoms with van der Waals surface area (Å²) in [4.78, 5) is 14.8. The molecule has 1 aliphatic heterocycles. The monoisotopic (exact) mass is 334 g/mol. The van der Waals surface area contributed by atoms with Crippen LogP contribution in [0.4, 0.5) is 0 Å². The third-order valence-electron chi connectivity index (χ3n) is 4.32. The van der Waals surface area contributed by atoms with E-state index in [2.05, 4.69) is 24.1 Å². The van der Waals surface area contributed by atoms with Crippen molar-refractivity contribution >= 4 is 5.91 Å². The lowest BCUT2D eigenvalue weighted by molar-refractivity contribution is -0.128. The van der Waals surface area contributed by atoms with Crippen LogP contribution in [0.1, 0.15) is 39.2 Å². The number of amides is 1. The quantitative estimate of drug-likeness (QED) is 0.802. The lowest BCUT2D eigenvalue weighted by atomic mass is 10.0. The highest BCUT2D eigenvalue weighted by molar-refractivity contribution is 5.81. The molecule has 1 aliphatic rings. The molecule has 0 radical (unpaired) electrons. The van der Waals surface area contributed by atoms with Crippen molar-refractivity contribution in [3.63, 3.8) is 0 Å². The topological polar surface area (TPSA) is 61.8 Å². The van der Waals surface area contributed by atoms with Crippen molar-refractivity contribution in [1.29, 1.82) is 0 Å². The van der Waals surface area contributed by atoms with Crippen LogP contribution in [0.3, 0.4) is 0 Å². The number of nitrogens with zero attached hydrogens (tertiary/aromatic N) is 1. The summed E-state index contributed by atoms with van der Waals surface area (Å²) in [5.41, 5.74) is 0.776. The molecular formula is C19H30N2O3. The van der Waals surface area contributed by atoms with Gasteiger partial charge in [-0.2, -0.15) is 0 Å². The van der Waals surface area contributed by atoms with E-state index in [0.29, 0.717) is 11.7 Å². The Kier molecular flexibility index (Phi) is 7.06. The van der Waals surface area contributed by atoms with Crippen LogP contribution in [0.2, 0.25) is 0 Å². The maximum Gasteiger partial charge on any atom is 0.260 e. The molecule has 2 N–H and O–H groups in total. The van der Waals surface area contributed by atoms with E-state index in [4.69, 9.17) is 9.84 Å². The number of hydrogen-bond donors (Lipinski definition) is 2. The van der Waals surface area contributed by atoms with E-state index < -0.39 is 6.10 Å². The molecule has 1 unspecified atom stereocenters. The second kappa shape index (κ2) is 9.04. The second-order valence-electron chi connectivity index (χ2n) is 7.04. The zero-order valence-electron chi connectivity index (χ0n) is 15.0. The molecule has 0 aromatic heterocycles. The van der Waals surface area contributed by atoms with Crippen LogP contribution in [0.15, 0.2) is 24.3 Å². The van der Waals surface area contributed by atoms with E-state index in [0.717, 1.165) is 38.0 Å². The normalized spacial score (nSPS) is 17.7. The molecule has 5 heteroatoms. The smallest absolute Gasteiger partial charge is 0.260 e. The van der Waals surface area contributed by atoms with Gasteiger partial charge in [0.1, 0.15) is 5.75 Å². The van der Waals surface area contributed by atoms with E-state index in [1.807, 2.05) is 12.1 Å². The first-order valence-electron chi connectivity index (χ1n) is 8.87. The summed E-state index contributed by atoms with van der Waals surface area (Å²) >= 11 is 0. The molecule has 134 valence electrons. The van der Waals surface area contributed by atoms with Gasteiger partial charge in [-0.3, -0.25) is 4.79 Å². The lowest BCUT2D eigenvalue weighted by Gasteiger charge is -2.33. The Bertz CT molecular complexity index is 525. The standard InChI is InChI=1S/C19H30N2O3/c1-14(2)12-21-9-7-17(8-10-21)20-19(23)15(3)24-18-6-4-5-16(11-18)13-22/h4-6,11,14-15,17,22H,7-10,12-13H2,1-3H3,(H,20,23). The number of likely N-dealkylation sites (tertiary alicyclic amines) is 1. The fraction of sp³-hybridized carbons (Fsp3) is 0.632. The van der Waals surface area contributed by atoms with Gasteiger partial charge < -0.3 is 20.1 Å². The number of nitrogens with one attached hydrogen (secondary N) is 1. The zero-order chi connectivity index (χ0) is 17.5. The molecule has 0 aliphatic carbocycles. The molecule has 0 spiro atoms. The van der Waals surface area contributed by atoms with Gasteiger partial charge in [0.2, 0.25) is 0 Å². The maximum absolute atomic E-state index is 12.3. The Morgan fingerprint density at radius 2 is 2.04 bits per heavy atom. The fourth-order valence-electron chi connectivity index (χ4n) is 3.07. The van der Waals surface area contributed by atoms with Crippen molar-refractivity contribution in [1.82, 2.24) is 10.2 Å². The average Bonchev–Trinajstić information content (AvgIpc) is 2.56. The van der Waals surface area contributed by atoms with Crippen LogP contribution in [0.25, 0.3) is 0 Å². The highest BCUT2D eigenvalue weighted by Gasteiger charge is 2.23. The molecule has 1 aromatic rings. The molecule has 5 nitrogen and oxygen atoms in total. The van der Waals surface area contributed by atoms with Crippen molar-refractivity contribution in [2.24, 2.45) is 5.92 Å². The van der Waals surface area contributed by atoms with Crippen LogP contribution in [0.5, 0.6) is 5.75 Å². The summed E-state index contributed by atoms with van der Waals surface area (Å²) < 4.78 is 5.70. The summed E-state index contributed by atoms with van der Waals surface area (Å²) in [6.07, 6.45) is 1.43. The minimum Gasteiger partial charge on any atom is -0.481 e. The van der Waals surface area contributed by atoms with Gasteiger partial charge in [0.25, 0.3) is 5.91 Å². The molecule has 1 heterocycles. The number of hydrogen-bond acceptors (Lipinski definition) is 4. The number of aliphatic hydroxyl groups is 1. The van der Waals surface area contributed by atoms with Crippen LogP contribution in [-0.2, 0) is 11.4 Å². The van der Waals surface area contributed by atoms with Gasteiger partial charge in [-0.1, -0.05) is 26.0 Å². The largest absolute Gasteiger partial charge is 0.481 e. The van der Waals surface area contributed by atoms with E-state index in [9.17, 15) is 4.79 Å². The molecule has 2 rings (SSSR count).